The van der Waals surface area contributed by atoms with Crippen LogP contribution in [0.3, 0.4) is 0 Å². The fourth-order valence-electron chi connectivity index (χ4n) is 10.6. The maximum atomic E-state index is 5.82. The topological polar surface area (TPSA) is 43.6 Å². The van der Waals surface area contributed by atoms with Crippen LogP contribution in [0, 0.1) is 0 Å². The van der Waals surface area contributed by atoms with E-state index >= 15 is 0 Å². The van der Waals surface area contributed by atoms with E-state index in [9.17, 15) is 0 Å². The lowest BCUT2D eigenvalue weighted by atomic mass is 9.82. The highest BCUT2D eigenvalue weighted by Crippen LogP contribution is 2.52. The van der Waals surface area contributed by atoms with Crippen molar-refractivity contribution in [2.45, 2.75) is 19.3 Å². The van der Waals surface area contributed by atoms with Gasteiger partial charge >= 0.3 is 0 Å². The van der Waals surface area contributed by atoms with Crippen LogP contribution in [0.1, 0.15) is 25.0 Å². The van der Waals surface area contributed by atoms with Gasteiger partial charge in [0.25, 0.3) is 0 Å². The Morgan fingerprint density at radius 2 is 1.24 bits per heavy atom. The maximum absolute atomic E-state index is 5.82. The van der Waals surface area contributed by atoms with Crippen LogP contribution in [0.15, 0.2) is 170 Å². The second-order valence-corrected chi connectivity index (χ2v) is 19.2. The average Bonchev–Trinajstić information content (AvgIpc) is 4.06. The fraction of sp³-hybridized carbons (Fsp3) is 0.0536. The highest BCUT2D eigenvalue weighted by Gasteiger charge is 2.36. The molecule has 5 heterocycles. The quantitative estimate of drug-likeness (QED) is 0.178. The predicted molar refractivity (Wildman–Crippen MR) is 263 cm³/mol. The Labute approximate surface area is 364 Å². The molecular weight excluding hydrogens is 793 g/mol. The number of rotatable bonds is 3. The van der Waals surface area contributed by atoms with Crippen molar-refractivity contribution in [3.63, 3.8) is 0 Å². The fourth-order valence-corrected chi connectivity index (χ4v) is 13.1. The molecule has 0 N–H and O–H groups in total. The first-order valence-electron chi connectivity index (χ1n) is 21.1. The second kappa shape index (κ2) is 12.4. The van der Waals surface area contributed by atoms with Crippen LogP contribution in [-0.4, -0.2) is 19.5 Å². The molecule has 0 atom stereocenters. The van der Waals surface area contributed by atoms with Gasteiger partial charge in [0.2, 0.25) is 5.95 Å². The van der Waals surface area contributed by atoms with Gasteiger partial charge in [0.15, 0.2) is 0 Å². The Kier molecular flexibility index (Phi) is 6.90. The van der Waals surface area contributed by atoms with Gasteiger partial charge in [-0.05, 0) is 68.7 Å². The number of fused-ring (bicyclic) bond motifs is 18. The van der Waals surface area contributed by atoms with Crippen molar-refractivity contribution < 1.29 is 0 Å². The first-order valence-corrected chi connectivity index (χ1v) is 22.7. The summed E-state index contributed by atoms with van der Waals surface area (Å²) in [5.74, 6) is 0.662. The van der Waals surface area contributed by atoms with Crippen molar-refractivity contribution in [1.29, 1.82) is 0 Å². The minimum atomic E-state index is -0.160. The molecule has 0 unspecified atom stereocenters. The van der Waals surface area contributed by atoms with Gasteiger partial charge in [-0.25, -0.2) is 9.97 Å². The summed E-state index contributed by atoms with van der Waals surface area (Å²) < 4.78 is 6.16. The zero-order valence-electron chi connectivity index (χ0n) is 33.8. The average molecular weight is 827 g/mol. The third-order valence-electron chi connectivity index (χ3n) is 13.5. The molecule has 8 aromatic carbocycles. The lowest BCUT2D eigenvalue weighted by molar-refractivity contribution is 0.660. The summed E-state index contributed by atoms with van der Waals surface area (Å²) in [4.78, 5) is 17.3. The van der Waals surface area contributed by atoms with E-state index in [1.807, 2.05) is 23.6 Å². The van der Waals surface area contributed by atoms with E-state index in [4.69, 9.17) is 15.0 Å². The standard InChI is InChI=1S/C56H34N4S2/c1-56(2)42-19-9-7-15-35(42)36-25-24-33(29-43(36)56)50-48-41-27-22-31-13-3-4-14-34(31)52(41)62-54(48)59-55(58-50)60-45-30-32(44-20-11-12-28-57-44)23-26-39(45)49-51(60)38-17-6-5-16-37(38)47-40-18-8-10-21-46(40)61-53(47)49/h3-30H,1-2H3. The SMILES string of the molecule is CC1(C)c2ccccc2-c2ccc(-c3nc(-n4c5cc(-c6ccccn6)ccc5c5c6sc7ccccc7c6c6ccccc6c54)nc4sc5c6ccccc6ccc5c34)cc21. The highest BCUT2D eigenvalue weighted by atomic mass is 32.1. The normalized spacial score (nSPS) is 13.5. The molecule has 0 spiro atoms. The minimum absolute atomic E-state index is 0.160. The summed E-state index contributed by atoms with van der Waals surface area (Å²) >= 11 is 3.65. The smallest absolute Gasteiger partial charge is 0.236 e. The number of nitrogens with zero attached hydrogens (tertiary/aromatic N) is 4. The van der Waals surface area contributed by atoms with Crippen molar-refractivity contribution in [3.05, 3.63) is 181 Å². The zero-order valence-corrected chi connectivity index (χ0v) is 35.4. The van der Waals surface area contributed by atoms with E-state index < -0.39 is 0 Å². The molecule has 0 saturated heterocycles. The van der Waals surface area contributed by atoms with E-state index in [-0.39, 0.29) is 5.41 Å². The summed E-state index contributed by atoms with van der Waals surface area (Å²) in [6.45, 7) is 4.71. The van der Waals surface area contributed by atoms with E-state index in [1.165, 1.54) is 84.8 Å². The molecule has 4 nitrogen and oxygen atoms in total. The molecule has 290 valence electrons. The predicted octanol–water partition coefficient (Wildman–Crippen LogP) is 15.7. The van der Waals surface area contributed by atoms with Crippen molar-refractivity contribution in [2.24, 2.45) is 0 Å². The number of hydrogen-bond acceptors (Lipinski definition) is 5. The molecule has 6 heteroatoms. The van der Waals surface area contributed by atoms with Crippen LogP contribution in [0.2, 0.25) is 0 Å². The third kappa shape index (κ3) is 4.57. The van der Waals surface area contributed by atoms with E-state index in [0.29, 0.717) is 5.95 Å². The van der Waals surface area contributed by atoms with Gasteiger partial charge < -0.3 is 0 Å². The monoisotopic (exact) mass is 826 g/mol. The van der Waals surface area contributed by atoms with Gasteiger partial charge in [-0.3, -0.25) is 9.55 Å². The number of aromatic nitrogens is 4. The maximum Gasteiger partial charge on any atom is 0.236 e. The molecule has 1 aliphatic carbocycles. The van der Waals surface area contributed by atoms with E-state index in [0.717, 1.165) is 43.8 Å². The van der Waals surface area contributed by atoms with Crippen molar-refractivity contribution in [1.82, 2.24) is 19.5 Å². The first-order chi connectivity index (χ1) is 30.5. The number of thiophene rings is 2. The molecule has 0 amide bonds. The molecule has 13 aromatic rings. The zero-order chi connectivity index (χ0) is 40.8. The Bertz CT molecular complexity index is 4080. The van der Waals surface area contributed by atoms with Gasteiger partial charge in [0, 0.05) is 74.5 Å². The first kappa shape index (κ1) is 34.5. The molecule has 5 aromatic heterocycles. The Morgan fingerprint density at radius 1 is 0.500 bits per heavy atom. The lowest BCUT2D eigenvalue weighted by Crippen LogP contribution is -2.15. The van der Waals surface area contributed by atoms with Crippen LogP contribution in [-0.2, 0) is 5.41 Å². The molecule has 14 rings (SSSR count). The van der Waals surface area contributed by atoms with Gasteiger partial charge in [-0.1, -0.05) is 147 Å². The summed E-state index contributed by atoms with van der Waals surface area (Å²) in [6.07, 6.45) is 1.87. The van der Waals surface area contributed by atoms with Crippen LogP contribution in [0.5, 0.6) is 0 Å². The molecule has 0 bridgehead atoms. The van der Waals surface area contributed by atoms with Crippen LogP contribution in [0.25, 0.3) is 123 Å². The van der Waals surface area contributed by atoms with Crippen molar-refractivity contribution in [3.8, 4) is 39.6 Å². The molecule has 0 fully saturated rings. The third-order valence-corrected chi connectivity index (χ3v) is 15.8. The summed E-state index contributed by atoms with van der Waals surface area (Å²) in [5, 5.41) is 12.1. The summed E-state index contributed by atoms with van der Waals surface area (Å²) in [7, 11) is 0. The molecule has 0 aliphatic heterocycles. The molecule has 62 heavy (non-hydrogen) atoms. The molecule has 1 aliphatic rings. The van der Waals surface area contributed by atoms with Crippen LogP contribution in [0.4, 0.5) is 0 Å². The minimum Gasteiger partial charge on any atom is -0.277 e. The van der Waals surface area contributed by atoms with Crippen LogP contribution < -0.4 is 0 Å². The Hall–Kier alpha value is -7.25. The number of benzene rings is 8. The second-order valence-electron chi connectivity index (χ2n) is 17.1. The number of hydrogen-bond donors (Lipinski definition) is 0. The van der Waals surface area contributed by atoms with E-state index in [2.05, 4.69) is 176 Å². The van der Waals surface area contributed by atoms with Gasteiger partial charge in [0.05, 0.1) is 22.4 Å². The Balaban J connectivity index is 1.16. The summed E-state index contributed by atoms with van der Waals surface area (Å²) in [5.41, 5.74) is 11.3. The molecule has 0 saturated carbocycles. The summed E-state index contributed by atoms with van der Waals surface area (Å²) in [6, 6.07) is 59.8. The van der Waals surface area contributed by atoms with E-state index in [1.54, 1.807) is 11.3 Å². The van der Waals surface area contributed by atoms with Crippen molar-refractivity contribution >= 4 is 106 Å². The van der Waals surface area contributed by atoms with Gasteiger partial charge in [-0.15, -0.1) is 22.7 Å². The Morgan fingerprint density at radius 3 is 2.13 bits per heavy atom. The molecular formula is C56H34N4S2. The largest absolute Gasteiger partial charge is 0.277 e. The van der Waals surface area contributed by atoms with Crippen LogP contribution >= 0.6 is 22.7 Å². The lowest BCUT2D eigenvalue weighted by Gasteiger charge is -2.22. The molecule has 0 radical (unpaired) electrons. The highest BCUT2D eigenvalue weighted by molar-refractivity contribution is 7.27. The van der Waals surface area contributed by atoms with Gasteiger partial charge in [0.1, 0.15) is 4.83 Å². The number of pyridine rings is 1. The van der Waals surface area contributed by atoms with Gasteiger partial charge in [-0.2, -0.15) is 0 Å². The van der Waals surface area contributed by atoms with Crippen molar-refractivity contribution in [2.75, 3.05) is 0 Å².